The molecule has 2 nitrogen and oxygen atoms in total. The van der Waals surface area contributed by atoms with Crippen LogP contribution in [0.4, 0.5) is 0 Å². The fraction of sp³-hybridized carbons (Fsp3) is 0.125. The van der Waals surface area contributed by atoms with Crippen molar-refractivity contribution in [3.8, 4) is 11.5 Å². The first-order chi connectivity index (χ1) is 8.59. The molecule has 0 unspecified atom stereocenters. The minimum atomic E-state index is -0.0677. The highest BCUT2D eigenvalue weighted by Gasteiger charge is 2.09. The number of hydrogen-bond acceptors (Lipinski definition) is 2. The quantitative estimate of drug-likeness (QED) is 0.617. The first-order valence-electron chi connectivity index (χ1n) is 5.85. The Bertz CT molecular complexity index is 584. The Hall–Kier alpha value is -2.22. The van der Waals surface area contributed by atoms with Crippen LogP contribution in [-0.4, -0.2) is 10.2 Å². The Kier molecular flexibility index (Phi) is 3.38. The molecular weight excluding hydrogens is 224 g/mol. The summed E-state index contributed by atoms with van der Waals surface area (Å²) in [5, 5.41) is 19.2. The van der Waals surface area contributed by atoms with Gasteiger partial charge in [-0.25, -0.2) is 0 Å². The maximum atomic E-state index is 9.72. The van der Waals surface area contributed by atoms with Gasteiger partial charge in [-0.3, -0.25) is 0 Å². The number of aromatic hydroxyl groups is 2. The summed E-state index contributed by atoms with van der Waals surface area (Å²) < 4.78 is 0. The van der Waals surface area contributed by atoms with Gasteiger partial charge in [0.05, 0.1) is 0 Å². The fourth-order valence-electron chi connectivity index (χ4n) is 1.97. The summed E-state index contributed by atoms with van der Waals surface area (Å²) in [4.78, 5) is 0. The third-order valence-corrected chi connectivity index (χ3v) is 3.02. The molecule has 0 saturated carbocycles. The van der Waals surface area contributed by atoms with Crippen LogP contribution in [0.15, 0.2) is 36.4 Å². The van der Waals surface area contributed by atoms with Crippen molar-refractivity contribution in [1.29, 1.82) is 0 Å². The molecule has 0 aliphatic carbocycles. The number of aryl methyl sites for hydroxylation is 1. The van der Waals surface area contributed by atoms with E-state index in [-0.39, 0.29) is 11.5 Å². The summed E-state index contributed by atoms with van der Waals surface area (Å²) >= 11 is 0. The van der Waals surface area contributed by atoms with E-state index in [0.717, 1.165) is 16.7 Å². The van der Waals surface area contributed by atoms with E-state index in [0.29, 0.717) is 5.56 Å². The summed E-state index contributed by atoms with van der Waals surface area (Å²) in [6, 6.07) is 11.5. The van der Waals surface area contributed by atoms with Crippen molar-refractivity contribution in [3.63, 3.8) is 0 Å². The Labute approximate surface area is 107 Å². The zero-order valence-electron chi connectivity index (χ0n) is 10.5. The highest BCUT2D eigenvalue weighted by Crippen LogP contribution is 2.34. The van der Waals surface area contributed by atoms with Gasteiger partial charge in [0.1, 0.15) is 0 Å². The maximum Gasteiger partial charge on any atom is 0.161 e. The normalized spacial score (nSPS) is 11.0. The number of hydrogen-bond donors (Lipinski definition) is 2. The van der Waals surface area contributed by atoms with E-state index < -0.39 is 0 Å². The maximum absolute atomic E-state index is 9.72. The van der Waals surface area contributed by atoms with Crippen LogP contribution in [0.25, 0.3) is 12.2 Å². The third kappa shape index (κ3) is 2.38. The topological polar surface area (TPSA) is 40.5 Å². The van der Waals surface area contributed by atoms with Crippen molar-refractivity contribution in [2.75, 3.05) is 0 Å². The lowest BCUT2D eigenvalue weighted by Gasteiger charge is -2.09. The highest BCUT2D eigenvalue weighted by molar-refractivity contribution is 5.75. The van der Waals surface area contributed by atoms with Gasteiger partial charge in [-0.2, -0.15) is 0 Å². The van der Waals surface area contributed by atoms with Crippen molar-refractivity contribution in [2.24, 2.45) is 0 Å². The largest absolute Gasteiger partial charge is 0.504 e. The molecule has 0 bridgehead atoms. The van der Waals surface area contributed by atoms with E-state index in [2.05, 4.69) is 0 Å². The van der Waals surface area contributed by atoms with Gasteiger partial charge in [-0.1, -0.05) is 42.5 Å². The third-order valence-electron chi connectivity index (χ3n) is 3.02. The molecule has 2 N–H and O–H groups in total. The molecule has 0 radical (unpaired) electrons. The van der Waals surface area contributed by atoms with Crippen LogP contribution in [0.2, 0.25) is 0 Å². The molecule has 0 fully saturated rings. The Morgan fingerprint density at radius 3 is 2.28 bits per heavy atom. The zero-order chi connectivity index (χ0) is 13.1. The average Bonchev–Trinajstić information content (AvgIpc) is 2.37. The average molecular weight is 240 g/mol. The van der Waals surface area contributed by atoms with Crippen LogP contribution in [0.1, 0.15) is 22.3 Å². The van der Waals surface area contributed by atoms with Gasteiger partial charge in [-0.05, 0) is 36.6 Å². The van der Waals surface area contributed by atoms with Crippen LogP contribution in [-0.2, 0) is 0 Å². The van der Waals surface area contributed by atoms with Gasteiger partial charge >= 0.3 is 0 Å². The molecule has 0 amide bonds. The standard InChI is InChI=1S/C16H16O2/c1-11-10-15(17)16(18)12(2)14(11)9-8-13-6-4-3-5-7-13/h3-10,17-18H,1-2H3. The molecule has 2 rings (SSSR count). The van der Waals surface area contributed by atoms with E-state index in [1.165, 1.54) is 0 Å². The van der Waals surface area contributed by atoms with Crippen molar-refractivity contribution in [3.05, 3.63) is 58.7 Å². The Balaban J connectivity index is 2.41. The van der Waals surface area contributed by atoms with Crippen LogP contribution in [0, 0.1) is 13.8 Å². The molecule has 0 saturated heterocycles. The van der Waals surface area contributed by atoms with Crippen molar-refractivity contribution >= 4 is 12.2 Å². The van der Waals surface area contributed by atoms with Crippen molar-refractivity contribution < 1.29 is 10.2 Å². The number of phenols is 2. The van der Waals surface area contributed by atoms with Gasteiger partial charge in [0.2, 0.25) is 0 Å². The first-order valence-corrected chi connectivity index (χ1v) is 5.85. The Morgan fingerprint density at radius 2 is 1.61 bits per heavy atom. The predicted octanol–water partition coefficient (Wildman–Crippen LogP) is 3.89. The van der Waals surface area contributed by atoms with Crippen molar-refractivity contribution in [2.45, 2.75) is 13.8 Å². The summed E-state index contributed by atoms with van der Waals surface area (Å²) in [7, 11) is 0. The minimum Gasteiger partial charge on any atom is -0.504 e. The second kappa shape index (κ2) is 4.96. The molecule has 0 heterocycles. The van der Waals surface area contributed by atoms with E-state index >= 15 is 0 Å². The number of rotatable bonds is 2. The zero-order valence-corrected chi connectivity index (χ0v) is 10.5. The molecule has 0 atom stereocenters. The first kappa shape index (κ1) is 12.2. The van der Waals surface area contributed by atoms with Gasteiger partial charge < -0.3 is 10.2 Å². The summed E-state index contributed by atoms with van der Waals surface area (Å²) in [5.74, 6) is -0.116. The smallest absolute Gasteiger partial charge is 0.161 e. The molecular formula is C16H16O2. The van der Waals surface area contributed by atoms with E-state index in [1.54, 1.807) is 13.0 Å². The molecule has 0 spiro atoms. The molecule has 18 heavy (non-hydrogen) atoms. The summed E-state index contributed by atoms with van der Waals surface area (Å²) in [6.45, 7) is 3.71. The molecule has 92 valence electrons. The molecule has 0 aliphatic heterocycles. The molecule has 2 heteroatoms. The van der Waals surface area contributed by atoms with E-state index in [9.17, 15) is 10.2 Å². The lowest BCUT2D eigenvalue weighted by Crippen LogP contribution is -1.87. The van der Waals surface area contributed by atoms with Crippen LogP contribution in [0.3, 0.4) is 0 Å². The van der Waals surface area contributed by atoms with E-state index in [4.69, 9.17) is 0 Å². The minimum absolute atomic E-state index is 0.0479. The highest BCUT2D eigenvalue weighted by atomic mass is 16.3. The Morgan fingerprint density at radius 1 is 0.944 bits per heavy atom. The lowest BCUT2D eigenvalue weighted by atomic mass is 10.00. The summed E-state index contributed by atoms with van der Waals surface area (Å²) in [6.07, 6.45) is 3.95. The number of phenolic OH excluding ortho intramolecular Hbond substituents is 2. The van der Waals surface area contributed by atoms with Gasteiger partial charge in [0.25, 0.3) is 0 Å². The monoisotopic (exact) mass is 240 g/mol. The fourth-order valence-corrected chi connectivity index (χ4v) is 1.97. The van der Waals surface area contributed by atoms with Crippen LogP contribution in [0.5, 0.6) is 11.5 Å². The number of benzene rings is 2. The van der Waals surface area contributed by atoms with Gasteiger partial charge in [0, 0.05) is 5.56 Å². The van der Waals surface area contributed by atoms with Crippen LogP contribution >= 0.6 is 0 Å². The SMILES string of the molecule is Cc1cc(O)c(O)c(C)c1C=Cc1ccccc1. The van der Waals surface area contributed by atoms with Gasteiger partial charge in [0.15, 0.2) is 11.5 Å². The molecule has 0 aromatic heterocycles. The summed E-state index contributed by atoms with van der Waals surface area (Å²) in [5.41, 5.74) is 3.67. The van der Waals surface area contributed by atoms with Gasteiger partial charge in [-0.15, -0.1) is 0 Å². The molecule has 2 aromatic carbocycles. The van der Waals surface area contributed by atoms with Crippen LogP contribution < -0.4 is 0 Å². The predicted molar refractivity (Wildman–Crippen MR) is 74.6 cm³/mol. The van der Waals surface area contributed by atoms with Crippen molar-refractivity contribution in [1.82, 2.24) is 0 Å². The molecule has 2 aromatic rings. The second-order valence-electron chi connectivity index (χ2n) is 4.34. The van der Waals surface area contributed by atoms with E-state index in [1.807, 2.05) is 49.4 Å². The molecule has 0 aliphatic rings. The lowest BCUT2D eigenvalue weighted by molar-refractivity contribution is 0.400. The second-order valence-corrected chi connectivity index (χ2v) is 4.34.